The topological polar surface area (TPSA) is 29.5 Å². The molecule has 0 N–H and O–H groups in total. The van der Waals surface area contributed by atoms with E-state index in [9.17, 15) is 4.79 Å². The van der Waals surface area contributed by atoms with Crippen molar-refractivity contribution in [2.45, 2.75) is 40.2 Å². The molecule has 1 aliphatic carbocycles. The Morgan fingerprint density at radius 1 is 1.27 bits per heavy atom. The molecule has 3 nitrogen and oxygen atoms in total. The summed E-state index contributed by atoms with van der Waals surface area (Å²) >= 11 is 0. The molecule has 1 amide bonds. The van der Waals surface area contributed by atoms with Crippen molar-refractivity contribution in [2.24, 2.45) is 17.3 Å². The highest BCUT2D eigenvalue weighted by molar-refractivity contribution is 5.69. The van der Waals surface area contributed by atoms with Gasteiger partial charge in [-0.3, -0.25) is 0 Å². The number of carbonyl (C=O) groups excluding carboxylic acids is 1. The van der Waals surface area contributed by atoms with Crippen LogP contribution in [0.25, 0.3) is 0 Å². The van der Waals surface area contributed by atoms with Crippen LogP contribution in [0.2, 0.25) is 0 Å². The van der Waals surface area contributed by atoms with Gasteiger partial charge in [0.15, 0.2) is 0 Å². The molecular formula is C12H21NO2. The van der Waals surface area contributed by atoms with Crippen molar-refractivity contribution in [3.05, 3.63) is 0 Å². The number of amides is 1. The predicted molar refractivity (Wildman–Crippen MR) is 58.6 cm³/mol. The van der Waals surface area contributed by atoms with E-state index in [1.807, 2.05) is 25.7 Å². The number of carbonyl (C=O) groups is 1. The van der Waals surface area contributed by atoms with Crippen LogP contribution < -0.4 is 0 Å². The lowest BCUT2D eigenvalue weighted by molar-refractivity contribution is 0.0255. The quantitative estimate of drug-likeness (QED) is 0.616. The zero-order chi connectivity index (χ0) is 11.4. The van der Waals surface area contributed by atoms with Crippen molar-refractivity contribution in [1.29, 1.82) is 0 Å². The number of rotatable bonds is 0. The Hall–Kier alpha value is -0.730. The molecule has 1 saturated heterocycles. The van der Waals surface area contributed by atoms with Gasteiger partial charge in [0.05, 0.1) is 0 Å². The molecule has 2 aliphatic rings. The van der Waals surface area contributed by atoms with Gasteiger partial charge in [0.25, 0.3) is 0 Å². The first-order valence-electron chi connectivity index (χ1n) is 5.70. The average Bonchev–Trinajstić information content (AvgIpc) is 2.47. The van der Waals surface area contributed by atoms with E-state index in [2.05, 4.69) is 13.8 Å². The fourth-order valence-electron chi connectivity index (χ4n) is 2.61. The van der Waals surface area contributed by atoms with E-state index >= 15 is 0 Å². The highest BCUT2D eigenvalue weighted by Gasteiger charge is 2.63. The van der Waals surface area contributed by atoms with Gasteiger partial charge in [-0.15, -0.1) is 0 Å². The minimum absolute atomic E-state index is 0.148. The summed E-state index contributed by atoms with van der Waals surface area (Å²) in [5.74, 6) is 1.40. The van der Waals surface area contributed by atoms with Gasteiger partial charge < -0.3 is 9.64 Å². The van der Waals surface area contributed by atoms with Crippen LogP contribution in [0.1, 0.15) is 34.6 Å². The number of ether oxygens (including phenoxy) is 1. The molecule has 0 aromatic rings. The summed E-state index contributed by atoms with van der Waals surface area (Å²) in [6.45, 7) is 12.1. The average molecular weight is 211 g/mol. The Balaban J connectivity index is 1.87. The summed E-state index contributed by atoms with van der Waals surface area (Å²) in [7, 11) is 0. The van der Waals surface area contributed by atoms with Crippen LogP contribution >= 0.6 is 0 Å². The minimum atomic E-state index is -0.376. The Kier molecular flexibility index (Phi) is 2.08. The molecule has 1 aliphatic heterocycles. The van der Waals surface area contributed by atoms with Crippen molar-refractivity contribution >= 4 is 6.09 Å². The molecule has 86 valence electrons. The largest absolute Gasteiger partial charge is 0.444 e. The van der Waals surface area contributed by atoms with Gasteiger partial charge in [-0.05, 0) is 38.0 Å². The van der Waals surface area contributed by atoms with E-state index in [4.69, 9.17) is 4.74 Å². The van der Waals surface area contributed by atoms with Gasteiger partial charge in [-0.25, -0.2) is 4.79 Å². The van der Waals surface area contributed by atoms with Crippen molar-refractivity contribution < 1.29 is 9.53 Å². The molecule has 0 spiro atoms. The molecule has 1 saturated carbocycles. The summed E-state index contributed by atoms with van der Waals surface area (Å²) < 4.78 is 5.35. The standard InChI is InChI=1S/C12H21NO2/c1-11(2,3)15-10(14)13-6-8-9(7-13)12(8,4)5/h8-9H,6-7H2,1-5H3. The second-order valence-electron chi connectivity index (χ2n) is 6.42. The minimum Gasteiger partial charge on any atom is -0.444 e. The lowest BCUT2D eigenvalue weighted by atomic mass is 10.1. The third-order valence-corrected chi connectivity index (χ3v) is 3.77. The SMILES string of the molecule is CC(C)(C)OC(=O)N1CC2C(C1)C2(C)C. The predicted octanol–water partition coefficient (Wildman–Crippen LogP) is 2.51. The first kappa shape index (κ1) is 10.8. The van der Waals surface area contributed by atoms with E-state index in [1.165, 1.54) is 0 Å². The Labute approximate surface area is 91.8 Å². The number of hydrogen-bond donors (Lipinski definition) is 0. The number of hydrogen-bond acceptors (Lipinski definition) is 2. The van der Waals surface area contributed by atoms with Gasteiger partial charge >= 0.3 is 6.09 Å². The van der Waals surface area contributed by atoms with Crippen LogP contribution in [0.4, 0.5) is 4.79 Å². The summed E-state index contributed by atoms with van der Waals surface area (Å²) in [5, 5.41) is 0. The van der Waals surface area contributed by atoms with Crippen molar-refractivity contribution in [3.8, 4) is 0 Å². The van der Waals surface area contributed by atoms with Crippen LogP contribution in [-0.2, 0) is 4.74 Å². The second kappa shape index (κ2) is 2.89. The summed E-state index contributed by atoms with van der Waals surface area (Å²) in [6.07, 6.45) is -0.148. The Morgan fingerprint density at radius 2 is 1.73 bits per heavy atom. The van der Waals surface area contributed by atoms with E-state index < -0.39 is 0 Å². The first-order chi connectivity index (χ1) is 6.72. The van der Waals surface area contributed by atoms with Gasteiger partial charge in [-0.2, -0.15) is 0 Å². The molecule has 2 atom stereocenters. The first-order valence-corrected chi connectivity index (χ1v) is 5.70. The molecule has 15 heavy (non-hydrogen) atoms. The van der Waals surface area contributed by atoms with Gasteiger partial charge in [0.2, 0.25) is 0 Å². The van der Waals surface area contributed by atoms with Gasteiger partial charge in [0.1, 0.15) is 5.60 Å². The molecule has 2 rings (SSSR count). The Morgan fingerprint density at radius 3 is 2.13 bits per heavy atom. The zero-order valence-electron chi connectivity index (χ0n) is 10.3. The molecule has 2 fully saturated rings. The fraction of sp³-hybridized carbons (Fsp3) is 0.917. The van der Waals surface area contributed by atoms with Crippen LogP contribution in [0, 0.1) is 17.3 Å². The van der Waals surface area contributed by atoms with Gasteiger partial charge in [0, 0.05) is 13.1 Å². The second-order valence-corrected chi connectivity index (χ2v) is 6.42. The molecule has 3 heteroatoms. The van der Waals surface area contributed by atoms with Crippen molar-refractivity contribution in [1.82, 2.24) is 4.90 Å². The molecule has 0 radical (unpaired) electrons. The normalized spacial score (nSPS) is 32.5. The maximum absolute atomic E-state index is 11.7. The molecule has 0 aromatic heterocycles. The molecular weight excluding hydrogens is 190 g/mol. The summed E-state index contributed by atoms with van der Waals surface area (Å²) in [5.41, 5.74) is 0.0812. The number of piperidine rings is 1. The van der Waals surface area contributed by atoms with Crippen LogP contribution in [0.5, 0.6) is 0 Å². The Bertz CT molecular complexity index is 276. The monoisotopic (exact) mass is 211 g/mol. The summed E-state index contributed by atoms with van der Waals surface area (Å²) in [6, 6.07) is 0. The van der Waals surface area contributed by atoms with E-state index in [-0.39, 0.29) is 11.7 Å². The third kappa shape index (κ3) is 1.84. The smallest absolute Gasteiger partial charge is 0.410 e. The van der Waals surface area contributed by atoms with Crippen molar-refractivity contribution in [2.75, 3.05) is 13.1 Å². The highest BCUT2D eigenvalue weighted by Crippen LogP contribution is 2.61. The lowest BCUT2D eigenvalue weighted by Crippen LogP contribution is -2.37. The van der Waals surface area contributed by atoms with E-state index in [1.54, 1.807) is 0 Å². The molecule has 2 unspecified atom stereocenters. The van der Waals surface area contributed by atoms with Gasteiger partial charge in [-0.1, -0.05) is 13.8 Å². The molecule has 1 heterocycles. The molecule has 0 bridgehead atoms. The lowest BCUT2D eigenvalue weighted by Gasteiger charge is -2.26. The summed E-state index contributed by atoms with van der Waals surface area (Å²) in [4.78, 5) is 13.6. The van der Waals surface area contributed by atoms with Crippen LogP contribution in [0.3, 0.4) is 0 Å². The number of likely N-dealkylation sites (tertiary alicyclic amines) is 1. The van der Waals surface area contributed by atoms with E-state index in [0.29, 0.717) is 17.3 Å². The molecule has 0 aromatic carbocycles. The maximum atomic E-state index is 11.7. The maximum Gasteiger partial charge on any atom is 0.410 e. The van der Waals surface area contributed by atoms with Crippen LogP contribution in [0.15, 0.2) is 0 Å². The fourth-order valence-corrected chi connectivity index (χ4v) is 2.61. The third-order valence-electron chi connectivity index (χ3n) is 3.77. The number of nitrogens with zero attached hydrogens (tertiary/aromatic N) is 1. The number of fused-ring (bicyclic) bond motifs is 1. The van der Waals surface area contributed by atoms with E-state index in [0.717, 1.165) is 13.1 Å². The van der Waals surface area contributed by atoms with Crippen LogP contribution in [-0.4, -0.2) is 29.7 Å². The van der Waals surface area contributed by atoms with Crippen molar-refractivity contribution in [3.63, 3.8) is 0 Å². The zero-order valence-corrected chi connectivity index (χ0v) is 10.3. The highest BCUT2D eigenvalue weighted by atomic mass is 16.6.